The summed E-state index contributed by atoms with van der Waals surface area (Å²) in [5.74, 6) is 1.81. The third-order valence-corrected chi connectivity index (χ3v) is 6.76. The molecule has 0 bridgehead atoms. The van der Waals surface area contributed by atoms with E-state index in [9.17, 15) is 0 Å². The second kappa shape index (κ2) is 5.04. The lowest BCUT2D eigenvalue weighted by Gasteiger charge is -2.19. The summed E-state index contributed by atoms with van der Waals surface area (Å²) < 4.78 is 0. The third kappa shape index (κ3) is 2.93. The molecule has 3 rings (SSSR count). The van der Waals surface area contributed by atoms with E-state index in [1.807, 2.05) is 0 Å². The molecule has 0 radical (unpaired) electrons. The second-order valence-electron chi connectivity index (χ2n) is 7.32. The van der Waals surface area contributed by atoms with E-state index in [2.05, 4.69) is 54.1 Å². The molecule has 104 valence electrons. The molecule has 1 N–H and O–H groups in total. The van der Waals surface area contributed by atoms with Crippen LogP contribution in [0.5, 0.6) is 0 Å². The zero-order valence-corrected chi connectivity index (χ0v) is 13.4. The van der Waals surface area contributed by atoms with Crippen LogP contribution in [-0.2, 0) is 6.54 Å². The second-order valence-corrected chi connectivity index (χ2v) is 12.4. The van der Waals surface area contributed by atoms with E-state index in [0.29, 0.717) is 0 Å². The molecule has 2 saturated heterocycles. The molecule has 0 unspecified atom stereocenters. The molecule has 0 aromatic heterocycles. The lowest BCUT2D eigenvalue weighted by molar-refractivity contribution is 0.305. The summed E-state index contributed by atoms with van der Waals surface area (Å²) in [5.41, 5.74) is 1.48. The Bertz CT molecular complexity index is 423. The first-order valence-corrected chi connectivity index (χ1v) is 11.0. The number of benzene rings is 1. The smallest absolute Gasteiger partial charge is 0.0775 e. The van der Waals surface area contributed by atoms with Gasteiger partial charge in [-0.1, -0.05) is 49.1 Å². The van der Waals surface area contributed by atoms with Crippen molar-refractivity contribution in [3.8, 4) is 0 Å². The number of nitrogens with zero attached hydrogens (tertiary/aromatic N) is 1. The molecule has 2 atom stereocenters. The van der Waals surface area contributed by atoms with Crippen LogP contribution in [0.4, 0.5) is 0 Å². The summed E-state index contributed by atoms with van der Waals surface area (Å²) in [6.07, 6.45) is 0. The normalized spacial score (nSPS) is 27.7. The van der Waals surface area contributed by atoms with Gasteiger partial charge in [0, 0.05) is 19.6 Å². The number of rotatable bonds is 3. The minimum Gasteiger partial charge on any atom is -0.316 e. The lowest BCUT2D eigenvalue weighted by Crippen LogP contribution is -2.37. The maximum Gasteiger partial charge on any atom is 0.0775 e. The van der Waals surface area contributed by atoms with Gasteiger partial charge in [0.15, 0.2) is 0 Å². The Morgan fingerprint density at radius 2 is 1.63 bits per heavy atom. The molecule has 2 heterocycles. The van der Waals surface area contributed by atoms with Crippen LogP contribution >= 0.6 is 0 Å². The van der Waals surface area contributed by atoms with Crippen LogP contribution in [-0.4, -0.2) is 39.2 Å². The molecule has 19 heavy (non-hydrogen) atoms. The highest BCUT2D eigenvalue weighted by Gasteiger charge is 2.35. The zero-order valence-electron chi connectivity index (χ0n) is 12.4. The molecule has 2 aliphatic rings. The lowest BCUT2D eigenvalue weighted by atomic mass is 10.0. The van der Waals surface area contributed by atoms with Gasteiger partial charge in [0.1, 0.15) is 0 Å². The minimum absolute atomic E-state index is 0.904. The Kier molecular flexibility index (Phi) is 3.54. The van der Waals surface area contributed by atoms with Crippen molar-refractivity contribution in [3.05, 3.63) is 29.8 Å². The van der Waals surface area contributed by atoms with Crippen LogP contribution in [0.25, 0.3) is 0 Å². The van der Waals surface area contributed by atoms with Gasteiger partial charge in [-0.05, 0) is 30.5 Å². The van der Waals surface area contributed by atoms with Crippen LogP contribution in [0.1, 0.15) is 5.56 Å². The summed E-state index contributed by atoms with van der Waals surface area (Å²) in [7, 11) is -1.14. The molecular formula is C16H26N2Si. The van der Waals surface area contributed by atoms with Gasteiger partial charge in [-0.2, -0.15) is 0 Å². The third-order valence-electron chi connectivity index (χ3n) is 4.69. The maximum absolute atomic E-state index is 3.51. The quantitative estimate of drug-likeness (QED) is 0.847. The number of nitrogens with one attached hydrogen (secondary N) is 1. The highest BCUT2D eigenvalue weighted by Crippen LogP contribution is 2.27. The van der Waals surface area contributed by atoms with Crippen LogP contribution < -0.4 is 10.5 Å². The molecule has 0 saturated carbocycles. The van der Waals surface area contributed by atoms with E-state index in [1.165, 1.54) is 31.7 Å². The van der Waals surface area contributed by atoms with Crippen molar-refractivity contribution in [2.75, 3.05) is 26.2 Å². The van der Waals surface area contributed by atoms with Gasteiger partial charge >= 0.3 is 0 Å². The summed E-state index contributed by atoms with van der Waals surface area (Å²) >= 11 is 0. The SMILES string of the molecule is C[Si](C)(C)c1ccc(CN2C[C@H]3CNC[C@H]3C2)cc1. The van der Waals surface area contributed by atoms with Crippen molar-refractivity contribution < 1.29 is 0 Å². The number of fused-ring (bicyclic) bond motifs is 1. The standard InChI is InChI=1S/C16H26N2Si/c1-19(2,3)16-6-4-13(5-7-16)10-18-11-14-8-17-9-15(14)12-18/h4-7,14-15,17H,8-12H2,1-3H3/t14-,15+. The average molecular weight is 274 g/mol. The number of hydrogen-bond acceptors (Lipinski definition) is 2. The largest absolute Gasteiger partial charge is 0.316 e. The van der Waals surface area contributed by atoms with Crippen LogP contribution in [0.3, 0.4) is 0 Å². The molecule has 2 aliphatic heterocycles. The van der Waals surface area contributed by atoms with Gasteiger partial charge in [0.25, 0.3) is 0 Å². The maximum atomic E-state index is 3.51. The van der Waals surface area contributed by atoms with Gasteiger partial charge in [0.05, 0.1) is 8.07 Å². The zero-order chi connectivity index (χ0) is 13.5. The molecule has 1 aromatic carbocycles. The van der Waals surface area contributed by atoms with E-state index < -0.39 is 8.07 Å². The first kappa shape index (κ1) is 13.3. The minimum atomic E-state index is -1.14. The fourth-order valence-corrected chi connectivity index (χ4v) is 4.62. The average Bonchev–Trinajstić information content (AvgIpc) is 2.89. The molecule has 1 aromatic rings. The number of likely N-dealkylation sites (tertiary alicyclic amines) is 1. The van der Waals surface area contributed by atoms with Crippen LogP contribution in [0.2, 0.25) is 19.6 Å². The van der Waals surface area contributed by atoms with Crippen molar-refractivity contribution in [2.24, 2.45) is 11.8 Å². The van der Waals surface area contributed by atoms with Gasteiger partial charge in [0.2, 0.25) is 0 Å². The fraction of sp³-hybridized carbons (Fsp3) is 0.625. The molecule has 2 fully saturated rings. The number of hydrogen-bond donors (Lipinski definition) is 1. The van der Waals surface area contributed by atoms with Crippen LogP contribution in [0.15, 0.2) is 24.3 Å². The van der Waals surface area contributed by atoms with Gasteiger partial charge < -0.3 is 5.32 Å². The summed E-state index contributed by atoms with van der Waals surface area (Å²) in [6, 6.07) is 9.42. The Morgan fingerprint density at radius 3 is 2.16 bits per heavy atom. The first-order valence-electron chi connectivity index (χ1n) is 7.55. The fourth-order valence-electron chi connectivity index (χ4n) is 3.45. The Labute approximate surface area is 118 Å². The molecule has 2 nitrogen and oxygen atoms in total. The molecule has 0 spiro atoms. The van der Waals surface area contributed by atoms with Crippen molar-refractivity contribution >= 4 is 13.3 Å². The first-order chi connectivity index (χ1) is 9.02. The van der Waals surface area contributed by atoms with Gasteiger partial charge in [-0.25, -0.2) is 0 Å². The van der Waals surface area contributed by atoms with Crippen molar-refractivity contribution in [2.45, 2.75) is 26.2 Å². The monoisotopic (exact) mass is 274 g/mol. The molecule has 0 amide bonds. The Balaban J connectivity index is 1.62. The van der Waals surface area contributed by atoms with E-state index in [4.69, 9.17) is 0 Å². The molecular weight excluding hydrogens is 248 g/mol. The van der Waals surface area contributed by atoms with Gasteiger partial charge in [-0.15, -0.1) is 0 Å². The van der Waals surface area contributed by atoms with Crippen molar-refractivity contribution in [1.82, 2.24) is 10.2 Å². The molecule has 3 heteroatoms. The van der Waals surface area contributed by atoms with E-state index in [1.54, 1.807) is 5.19 Å². The van der Waals surface area contributed by atoms with Crippen LogP contribution in [0, 0.1) is 11.8 Å². The summed E-state index contributed by atoms with van der Waals surface area (Å²) in [5, 5.41) is 5.08. The predicted octanol–water partition coefficient (Wildman–Crippen LogP) is 1.88. The Hall–Kier alpha value is -0.643. The van der Waals surface area contributed by atoms with Crippen molar-refractivity contribution in [1.29, 1.82) is 0 Å². The highest BCUT2D eigenvalue weighted by atomic mass is 28.3. The summed E-state index contributed by atoms with van der Waals surface area (Å²) in [4.78, 5) is 2.64. The topological polar surface area (TPSA) is 15.3 Å². The summed E-state index contributed by atoms with van der Waals surface area (Å²) in [6.45, 7) is 13.4. The molecule has 0 aliphatic carbocycles. The van der Waals surface area contributed by atoms with E-state index in [0.717, 1.165) is 18.4 Å². The predicted molar refractivity (Wildman–Crippen MR) is 84.5 cm³/mol. The van der Waals surface area contributed by atoms with Crippen molar-refractivity contribution in [3.63, 3.8) is 0 Å². The van der Waals surface area contributed by atoms with Gasteiger partial charge in [-0.3, -0.25) is 4.90 Å². The highest BCUT2D eigenvalue weighted by molar-refractivity contribution is 6.88. The van der Waals surface area contributed by atoms with E-state index >= 15 is 0 Å². The Morgan fingerprint density at radius 1 is 1.05 bits per heavy atom. The van der Waals surface area contributed by atoms with E-state index in [-0.39, 0.29) is 0 Å².